The number of hydrogen-bond donors (Lipinski definition) is 3. The fourth-order valence-electron chi connectivity index (χ4n) is 0.799. The van der Waals surface area contributed by atoms with Crippen molar-refractivity contribution >= 4 is 43.5 Å². The molecule has 1 rings (SSSR count). The number of halogens is 2. The second-order valence-corrected chi connectivity index (χ2v) is 4.04. The van der Waals surface area contributed by atoms with E-state index in [-0.39, 0.29) is 5.91 Å². The van der Waals surface area contributed by atoms with Gasteiger partial charge in [0.2, 0.25) is 0 Å². The number of carbonyl (C=O) groups is 1. The standard InChI is InChI=1S/C7H7Br2N3O/c8-4-1-3(7(13)12-11)2-5(9)6(4)10/h1-2H,10-11H2,(H,12,13). The molecule has 6 heteroatoms. The van der Waals surface area contributed by atoms with Crippen molar-refractivity contribution in [1.82, 2.24) is 5.43 Å². The van der Waals surface area contributed by atoms with Gasteiger partial charge in [0.25, 0.3) is 5.91 Å². The molecule has 13 heavy (non-hydrogen) atoms. The van der Waals surface area contributed by atoms with Gasteiger partial charge in [-0.15, -0.1) is 0 Å². The van der Waals surface area contributed by atoms with E-state index in [2.05, 4.69) is 31.9 Å². The van der Waals surface area contributed by atoms with E-state index in [4.69, 9.17) is 11.6 Å². The Morgan fingerprint density at radius 3 is 2.15 bits per heavy atom. The Morgan fingerprint density at radius 1 is 1.31 bits per heavy atom. The molecule has 0 aliphatic carbocycles. The number of nitrogen functional groups attached to an aromatic ring is 2. The van der Waals surface area contributed by atoms with Gasteiger partial charge in [0.1, 0.15) is 0 Å². The fourth-order valence-corrected chi connectivity index (χ4v) is 1.99. The van der Waals surface area contributed by atoms with Crippen LogP contribution in [0.3, 0.4) is 0 Å². The first-order chi connectivity index (χ1) is 6.06. The monoisotopic (exact) mass is 307 g/mol. The highest BCUT2D eigenvalue weighted by Crippen LogP contribution is 2.29. The Labute approximate surface area is 91.9 Å². The van der Waals surface area contributed by atoms with Crippen molar-refractivity contribution in [3.05, 3.63) is 26.6 Å². The zero-order chi connectivity index (χ0) is 10.0. The van der Waals surface area contributed by atoms with Crippen molar-refractivity contribution in [2.45, 2.75) is 0 Å². The van der Waals surface area contributed by atoms with Gasteiger partial charge < -0.3 is 5.73 Å². The summed E-state index contributed by atoms with van der Waals surface area (Å²) in [6, 6.07) is 3.20. The number of carbonyl (C=O) groups excluding carboxylic acids is 1. The van der Waals surface area contributed by atoms with E-state index in [1.807, 2.05) is 5.43 Å². The van der Waals surface area contributed by atoms with Gasteiger partial charge in [-0.25, -0.2) is 5.84 Å². The summed E-state index contributed by atoms with van der Waals surface area (Å²) in [4.78, 5) is 11.1. The average Bonchev–Trinajstić information content (AvgIpc) is 2.12. The number of nitrogens with two attached hydrogens (primary N) is 2. The normalized spacial score (nSPS) is 9.77. The van der Waals surface area contributed by atoms with Crippen LogP contribution in [-0.2, 0) is 0 Å². The van der Waals surface area contributed by atoms with Crippen molar-refractivity contribution in [2.75, 3.05) is 5.73 Å². The van der Waals surface area contributed by atoms with Gasteiger partial charge in [-0.1, -0.05) is 0 Å². The van der Waals surface area contributed by atoms with Gasteiger partial charge in [-0.3, -0.25) is 10.2 Å². The quantitative estimate of drug-likeness (QED) is 0.317. The molecule has 0 aromatic heterocycles. The minimum atomic E-state index is -0.360. The summed E-state index contributed by atoms with van der Waals surface area (Å²) in [5.74, 6) is 4.62. The average molecular weight is 309 g/mol. The largest absolute Gasteiger partial charge is 0.397 e. The minimum absolute atomic E-state index is 0.360. The fraction of sp³-hybridized carbons (Fsp3) is 0. The van der Waals surface area contributed by atoms with E-state index in [9.17, 15) is 4.79 Å². The summed E-state index contributed by atoms with van der Waals surface area (Å²) in [6.45, 7) is 0. The molecule has 0 unspecified atom stereocenters. The first-order valence-corrected chi connectivity index (χ1v) is 4.90. The lowest BCUT2D eigenvalue weighted by molar-refractivity contribution is 0.0953. The third-order valence-corrected chi connectivity index (χ3v) is 2.78. The molecule has 0 bridgehead atoms. The van der Waals surface area contributed by atoms with E-state index in [0.29, 0.717) is 20.2 Å². The minimum Gasteiger partial charge on any atom is -0.397 e. The van der Waals surface area contributed by atoms with E-state index < -0.39 is 0 Å². The molecule has 1 amide bonds. The highest BCUT2D eigenvalue weighted by molar-refractivity contribution is 9.11. The second kappa shape index (κ2) is 4.08. The van der Waals surface area contributed by atoms with Crippen LogP contribution in [0.25, 0.3) is 0 Å². The van der Waals surface area contributed by atoms with Gasteiger partial charge in [-0.05, 0) is 44.0 Å². The van der Waals surface area contributed by atoms with Crippen molar-refractivity contribution in [3.63, 3.8) is 0 Å². The SMILES string of the molecule is NNC(=O)c1cc(Br)c(N)c(Br)c1. The van der Waals surface area contributed by atoms with Crippen LogP contribution >= 0.6 is 31.9 Å². The Balaban J connectivity index is 3.20. The summed E-state index contributed by atoms with van der Waals surface area (Å²) in [6.07, 6.45) is 0. The Morgan fingerprint density at radius 2 is 1.77 bits per heavy atom. The molecule has 0 saturated heterocycles. The van der Waals surface area contributed by atoms with Crippen LogP contribution in [0.5, 0.6) is 0 Å². The van der Waals surface area contributed by atoms with Crippen LogP contribution < -0.4 is 17.0 Å². The van der Waals surface area contributed by atoms with Crippen LogP contribution in [0.1, 0.15) is 10.4 Å². The number of hydrazine groups is 1. The topological polar surface area (TPSA) is 81.1 Å². The molecule has 1 aromatic carbocycles. The van der Waals surface area contributed by atoms with Crippen molar-refractivity contribution < 1.29 is 4.79 Å². The van der Waals surface area contributed by atoms with E-state index >= 15 is 0 Å². The highest BCUT2D eigenvalue weighted by Gasteiger charge is 2.08. The first-order valence-electron chi connectivity index (χ1n) is 3.31. The Bertz CT molecular complexity index is 331. The second-order valence-electron chi connectivity index (χ2n) is 2.33. The summed E-state index contributed by atoms with van der Waals surface area (Å²) < 4.78 is 1.31. The van der Waals surface area contributed by atoms with E-state index in [0.717, 1.165) is 0 Å². The lowest BCUT2D eigenvalue weighted by Crippen LogP contribution is -2.30. The van der Waals surface area contributed by atoms with Crippen molar-refractivity contribution in [2.24, 2.45) is 5.84 Å². The smallest absolute Gasteiger partial charge is 0.265 e. The maximum absolute atomic E-state index is 11.1. The molecule has 70 valence electrons. The molecule has 0 aliphatic rings. The lowest BCUT2D eigenvalue weighted by Gasteiger charge is -2.05. The molecule has 0 atom stereocenters. The molecule has 0 radical (unpaired) electrons. The molecule has 0 heterocycles. The third kappa shape index (κ3) is 2.20. The molecular weight excluding hydrogens is 302 g/mol. The maximum Gasteiger partial charge on any atom is 0.265 e. The van der Waals surface area contributed by atoms with E-state index in [1.165, 1.54) is 0 Å². The molecule has 4 nitrogen and oxygen atoms in total. The summed E-state index contributed by atoms with van der Waals surface area (Å²) >= 11 is 6.44. The van der Waals surface area contributed by atoms with Crippen LogP contribution in [0.2, 0.25) is 0 Å². The molecule has 0 aliphatic heterocycles. The van der Waals surface area contributed by atoms with Crippen LogP contribution in [-0.4, -0.2) is 5.91 Å². The third-order valence-electron chi connectivity index (χ3n) is 1.47. The van der Waals surface area contributed by atoms with Crippen molar-refractivity contribution in [3.8, 4) is 0 Å². The zero-order valence-electron chi connectivity index (χ0n) is 6.47. The molecule has 0 saturated carbocycles. The van der Waals surface area contributed by atoms with Gasteiger partial charge in [-0.2, -0.15) is 0 Å². The molecule has 0 spiro atoms. The van der Waals surface area contributed by atoms with Gasteiger partial charge in [0.15, 0.2) is 0 Å². The number of anilines is 1. The van der Waals surface area contributed by atoms with Gasteiger partial charge in [0, 0.05) is 14.5 Å². The molecule has 5 N–H and O–H groups in total. The number of rotatable bonds is 1. The van der Waals surface area contributed by atoms with Crippen LogP contribution in [0.4, 0.5) is 5.69 Å². The van der Waals surface area contributed by atoms with Crippen molar-refractivity contribution in [1.29, 1.82) is 0 Å². The first kappa shape index (κ1) is 10.5. The molecule has 0 fully saturated rings. The number of benzene rings is 1. The Hall–Kier alpha value is -0.590. The lowest BCUT2D eigenvalue weighted by atomic mass is 10.2. The van der Waals surface area contributed by atoms with Gasteiger partial charge >= 0.3 is 0 Å². The number of nitrogens with one attached hydrogen (secondary N) is 1. The number of amides is 1. The predicted molar refractivity (Wildman–Crippen MR) is 57.9 cm³/mol. The van der Waals surface area contributed by atoms with E-state index in [1.54, 1.807) is 12.1 Å². The highest BCUT2D eigenvalue weighted by atomic mass is 79.9. The predicted octanol–water partition coefficient (Wildman–Crippen LogP) is 1.40. The number of hydrogen-bond acceptors (Lipinski definition) is 3. The zero-order valence-corrected chi connectivity index (χ0v) is 9.65. The molecular formula is C7H7Br2N3O. The molecule has 1 aromatic rings. The van der Waals surface area contributed by atoms with Gasteiger partial charge in [0.05, 0.1) is 5.69 Å². The van der Waals surface area contributed by atoms with Crippen LogP contribution in [0, 0.1) is 0 Å². The summed E-state index contributed by atoms with van der Waals surface area (Å²) in [5, 5.41) is 0. The summed E-state index contributed by atoms with van der Waals surface area (Å²) in [5.41, 5.74) is 8.66. The Kier molecular flexibility index (Phi) is 3.29. The van der Waals surface area contributed by atoms with Crippen LogP contribution in [0.15, 0.2) is 21.1 Å². The summed E-state index contributed by atoms with van der Waals surface area (Å²) in [7, 11) is 0. The maximum atomic E-state index is 11.1.